The van der Waals surface area contributed by atoms with Crippen LogP contribution in [0.25, 0.3) is 10.8 Å². The molecule has 1 unspecified atom stereocenters. The van der Waals surface area contributed by atoms with Crippen molar-refractivity contribution in [1.29, 1.82) is 0 Å². The molecule has 1 atom stereocenters. The quantitative estimate of drug-likeness (QED) is 0.421. The van der Waals surface area contributed by atoms with E-state index in [4.69, 9.17) is 4.74 Å². The number of aryl methyl sites for hydroxylation is 2. The highest BCUT2D eigenvalue weighted by Gasteiger charge is 2.33. The summed E-state index contributed by atoms with van der Waals surface area (Å²) in [6, 6.07) is 17.3. The number of carbonyl (C=O) groups is 2. The molecule has 0 aliphatic carbocycles. The molecule has 0 bridgehead atoms. The molecule has 3 aromatic carbocycles. The van der Waals surface area contributed by atoms with Crippen LogP contribution in [0.3, 0.4) is 0 Å². The molecule has 3 aromatic rings. The van der Waals surface area contributed by atoms with Crippen molar-refractivity contribution in [3.63, 3.8) is 0 Å². The molecule has 0 radical (unpaired) electrons. The van der Waals surface area contributed by atoms with Gasteiger partial charge in [-0.15, -0.1) is 24.8 Å². The summed E-state index contributed by atoms with van der Waals surface area (Å²) in [4.78, 5) is 32.1. The number of amides is 2. The summed E-state index contributed by atoms with van der Waals surface area (Å²) in [6.07, 6.45) is -0.567. The number of β-amino-alcohol motifs (C(OH)–C–C–N with tert-alkyl or cyclic N) is 1. The summed E-state index contributed by atoms with van der Waals surface area (Å²) in [5.41, 5.74) is 3.40. The van der Waals surface area contributed by atoms with Crippen molar-refractivity contribution in [3.8, 4) is 5.75 Å². The van der Waals surface area contributed by atoms with Crippen molar-refractivity contribution in [2.75, 3.05) is 52.4 Å². The van der Waals surface area contributed by atoms with Gasteiger partial charge in [0.1, 0.15) is 18.5 Å². The van der Waals surface area contributed by atoms with E-state index in [0.29, 0.717) is 30.8 Å². The summed E-state index contributed by atoms with van der Waals surface area (Å²) in [7, 11) is 0. The lowest BCUT2D eigenvalue weighted by Gasteiger charge is -2.36. The highest BCUT2D eigenvalue weighted by atomic mass is 35.5. The van der Waals surface area contributed by atoms with E-state index in [9.17, 15) is 14.7 Å². The molecule has 0 saturated carbocycles. The number of ether oxygens (including phenoxy) is 1. The molecule has 38 heavy (non-hydrogen) atoms. The number of hydrogen-bond acceptors (Lipinski definition) is 6. The smallest absolute Gasteiger partial charge is 0.261 e. The van der Waals surface area contributed by atoms with Gasteiger partial charge in [-0.2, -0.15) is 0 Å². The van der Waals surface area contributed by atoms with Crippen LogP contribution in [0.1, 0.15) is 31.8 Å². The number of imide groups is 1. The number of piperazine rings is 1. The minimum absolute atomic E-state index is 0. The number of carbonyl (C=O) groups excluding carboxylic acids is 2. The largest absolute Gasteiger partial charge is 0.491 e. The van der Waals surface area contributed by atoms with Gasteiger partial charge in [0.2, 0.25) is 0 Å². The molecular weight excluding hydrogens is 525 g/mol. The standard InChI is InChI=1S/C29H33N3O4.2ClH/c1-20-9-10-21(2)26(17-20)36-19-23(33)18-31-13-11-30(12-14-31)15-16-32-28(34)24-7-3-5-22-6-4-8-25(27(22)24)29(32)35;;/h3-10,17,23,33H,11-16,18-19H2,1-2H3;2*1H. The second-order valence-corrected chi connectivity index (χ2v) is 9.85. The van der Waals surface area contributed by atoms with Crippen LogP contribution < -0.4 is 4.74 Å². The first-order valence-electron chi connectivity index (χ1n) is 12.6. The molecule has 9 heteroatoms. The molecule has 0 aromatic heterocycles. The van der Waals surface area contributed by atoms with Gasteiger partial charge < -0.3 is 9.84 Å². The summed E-state index contributed by atoms with van der Waals surface area (Å²) in [5.74, 6) is 0.393. The molecule has 1 fully saturated rings. The first kappa shape index (κ1) is 29.9. The third-order valence-corrected chi connectivity index (χ3v) is 7.20. The third kappa shape index (κ3) is 6.30. The summed E-state index contributed by atoms with van der Waals surface area (Å²) < 4.78 is 5.86. The van der Waals surface area contributed by atoms with Crippen molar-refractivity contribution in [3.05, 3.63) is 76.9 Å². The molecule has 2 aliphatic rings. The Bertz CT molecular complexity index is 1240. The van der Waals surface area contributed by atoms with Gasteiger partial charge in [-0.1, -0.05) is 36.4 Å². The van der Waals surface area contributed by atoms with Gasteiger partial charge in [-0.25, -0.2) is 0 Å². The number of benzene rings is 3. The Labute approximate surface area is 236 Å². The lowest BCUT2D eigenvalue weighted by atomic mass is 9.94. The molecule has 2 aliphatic heterocycles. The van der Waals surface area contributed by atoms with Crippen LogP contribution in [0.4, 0.5) is 0 Å². The Morgan fingerprint density at radius 2 is 1.45 bits per heavy atom. The number of aliphatic hydroxyl groups is 1. The Kier molecular flexibility index (Phi) is 10.2. The third-order valence-electron chi connectivity index (χ3n) is 7.20. The van der Waals surface area contributed by atoms with Gasteiger partial charge in [0.05, 0.1) is 0 Å². The molecule has 5 rings (SSSR count). The summed E-state index contributed by atoms with van der Waals surface area (Å²) in [5, 5.41) is 12.2. The highest BCUT2D eigenvalue weighted by Crippen LogP contribution is 2.29. The van der Waals surface area contributed by atoms with E-state index in [1.165, 1.54) is 4.90 Å². The highest BCUT2D eigenvalue weighted by molar-refractivity contribution is 6.25. The van der Waals surface area contributed by atoms with E-state index < -0.39 is 6.10 Å². The van der Waals surface area contributed by atoms with E-state index >= 15 is 0 Å². The number of aliphatic hydroxyl groups excluding tert-OH is 1. The van der Waals surface area contributed by atoms with Crippen molar-refractivity contribution in [2.45, 2.75) is 20.0 Å². The molecule has 204 valence electrons. The van der Waals surface area contributed by atoms with Crippen molar-refractivity contribution in [2.24, 2.45) is 0 Å². The molecule has 2 heterocycles. The average molecular weight is 561 g/mol. The van der Waals surface area contributed by atoms with Crippen LogP contribution in [0, 0.1) is 13.8 Å². The summed E-state index contributed by atoms with van der Waals surface area (Å²) >= 11 is 0. The van der Waals surface area contributed by atoms with Crippen LogP contribution in [0.2, 0.25) is 0 Å². The lowest BCUT2D eigenvalue weighted by molar-refractivity contribution is 0.0415. The topological polar surface area (TPSA) is 73.3 Å². The van der Waals surface area contributed by atoms with Gasteiger partial charge in [-0.05, 0) is 48.6 Å². The minimum Gasteiger partial charge on any atom is -0.491 e. The Balaban J connectivity index is 0.00000200. The molecular formula is C29H35Cl2N3O4. The SMILES string of the molecule is Cc1ccc(C)c(OCC(O)CN2CCN(CCN3C(=O)c4cccc5cccc(c45)C3=O)CC2)c1.Cl.Cl. The van der Waals surface area contributed by atoms with Gasteiger partial charge >= 0.3 is 0 Å². The summed E-state index contributed by atoms with van der Waals surface area (Å²) in [6.45, 7) is 9.16. The average Bonchev–Trinajstić information content (AvgIpc) is 2.88. The van der Waals surface area contributed by atoms with Gasteiger partial charge in [-0.3, -0.25) is 24.3 Å². The van der Waals surface area contributed by atoms with Crippen molar-refractivity contribution >= 4 is 47.4 Å². The second kappa shape index (κ2) is 12.9. The van der Waals surface area contributed by atoms with Gasteiger partial charge in [0.25, 0.3) is 11.8 Å². The molecule has 1 N–H and O–H groups in total. The predicted octanol–water partition coefficient (Wildman–Crippen LogP) is 3.95. The van der Waals surface area contributed by atoms with Crippen molar-refractivity contribution in [1.82, 2.24) is 14.7 Å². The molecule has 7 nitrogen and oxygen atoms in total. The lowest BCUT2D eigenvalue weighted by Crippen LogP contribution is -2.51. The van der Waals surface area contributed by atoms with E-state index in [1.807, 2.05) is 62.4 Å². The molecule has 2 amide bonds. The Morgan fingerprint density at radius 3 is 2.08 bits per heavy atom. The molecule has 0 spiro atoms. The monoisotopic (exact) mass is 559 g/mol. The van der Waals surface area contributed by atoms with Crippen LogP contribution in [0.5, 0.6) is 5.75 Å². The zero-order chi connectivity index (χ0) is 25.2. The zero-order valence-electron chi connectivity index (χ0n) is 21.8. The van der Waals surface area contributed by atoms with Crippen LogP contribution in [0.15, 0.2) is 54.6 Å². The van der Waals surface area contributed by atoms with Crippen LogP contribution in [-0.2, 0) is 0 Å². The van der Waals surface area contributed by atoms with Crippen LogP contribution >= 0.6 is 24.8 Å². The fourth-order valence-corrected chi connectivity index (χ4v) is 5.12. The van der Waals surface area contributed by atoms with E-state index in [2.05, 4.69) is 15.9 Å². The number of hydrogen-bond donors (Lipinski definition) is 1. The fourth-order valence-electron chi connectivity index (χ4n) is 5.12. The predicted molar refractivity (Wildman–Crippen MR) is 154 cm³/mol. The maximum Gasteiger partial charge on any atom is 0.261 e. The van der Waals surface area contributed by atoms with Crippen molar-refractivity contribution < 1.29 is 19.4 Å². The first-order chi connectivity index (χ1) is 17.4. The Hall–Kier alpha value is -2.68. The maximum atomic E-state index is 13.1. The second-order valence-electron chi connectivity index (χ2n) is 9.85. The normalized spacial score (nSPS) is 16.7. The van der Waals surface area contributed by atoms with E-state index in [1.54, 1.807) is 0 Å². The van der Waals surface area contributed by atoms with Gasteiger partial charge in [0, 0.05) is 62.3 Å². The first-order valence-corrected chi connectivity index (χ1v) is 12.6. The minimum atomic E-state index is -0.567. The maximum absolute atomic E-state index is 13.1. The van der Waals surface area contributed by atoms with E-state index in [0.717, 1.165) is 53.8 Å². The number of halogens is 2. The molecule has 1 saturated heterocycles. The van der Waals surface area contributed by atoms with E-state index in [-0.39, 0.29) is 43.2 Å². The Morgan fingerprint density at radius 1 is 0.842 bits per heavy atom. The zero-order valence-corrected chi connectivity index (χ0v) is 23.4. The fraction of sp³-hybridized carbons (Fsp3) is 0.379. The van der Waals surface area contributed by atoms with Crippen LogP contribution in [-0.4, -0.2) is 90.1 Å². The number of nitrogens with zero attached hydrogens (tertiary/aromatic N) is 3. The van der Waals surface area contributed by atoms with Gasteiger partial charge in [0.15, 0.2) is 0 Å². The number of rotatable bonds is 8.